The number of urea groups is 1. The van der Waals surface area contributed by atoms with E-state index >= 15 is 0 Å². The van der Waals surface area contributed by atoms with Crippen LogP contribution in [0.2, 0.25) is 0 Å². The number of benzene rings is 2. The van der Waals surface area contributed by atoms with Crippen molar-refractivity contribution >= 4 is 40.6 Å². The van der Waals surface area contributed by atoms with Gasteiger partial charge in [-0.15, -0.1) is 0 Å². The molecule has 0 spiro atoms. The summed E-state index contributed by atoms with van der Waals surface area (Å²) in [6, 6.07) is 12.9. The van der Waals surface area contributed by atoms with Crippen LogP contribution in [0.3, 0.4) is 0 Å². The third-order valence-corrected chi connectivity index (χ3v) is 12.0. The molecule has 0 unspecified atom stereocenters. The molecule has 7 atom stereocenters. The standard InChI is InChI=1S/C44H58N10O9/c1-26(53(2)37(57)22-45)38(41(60)48-25-30-21-35(55)42(63-30)54-18-17-36(56)51-44(54)62)52-40(59)33(19-27-11-5-3-6-12-27)49-43(61)50-34(39(58)47-23-28-13-7-4-8-14-28)20-29-24-46-32-16-10-9-15-31(29)32/h4,7-10,13-18,24,26-27,30,33-35,38,42,46,55H,3,5-6,11-12,19-23,25,45H2,1-2H3,(H,47,58)(H,48,60)(H,52,59)(H2,49,50,61)(H,51,56,62)/t26-,30+,33-,34-,35+,38-,42+/m0/s1. The van der Waals surface area contributed by atoms with Gasteiger partial charge in [0.1, 0.15) is 24.2 Å². The molecule has 1 aliphatic carbocycles. The molecule has 19 nitrogen and oxygen atoms in total. The van der Waals surface area contributed by atoms with Gasteiger partial charge in [-0.05, 0) is 36.5 Å². The van der Waals surface area contributed by atoms with Gasteiger partial charge in [0.15, 0.2) is 6.23 Å². The molecule has 19 heteroatoms. The molecule has 338 valence electrons. The Kier molecular flexibility index (Phi) is 15.9. The van der Waals surface area contributed by atoms with E-state index < -0.39 is 83.5 Å². The number of amides is 6. The van der Waals surface area contributed by atoms with Crippen LogP contribution in [-0.2, 0) is 36.9 Å². The lowest BCUT2D eigenvalue weighted by Crippen LogP contribution is -2.62. The number of nitrogens with zero attached hydrogens (tertiary/aromatic N) is 2. The summed E-state index contributed by atoms with van der Waals surface area (Å²) in [5.41, 5.74) is 6.82. The number of aliphatic hydroxyl groups is 1. The van der Waals surface area contributed by atoms with Gasteiger partial charge in [-0.3, -0.25) is 33.5 Å². The van der Waals surface area contributed by atoms with Gasteiger partial charge in [-0.25, -0.2) is 9.59 Å². The lowest BCUT2D eigenvalue weighted by atomic mass is 9.84. The summed E-state index contributed by atoms with van der Waals surface area (Å²) < 4.78 is 6.93. The second-order valence-electron chi connectivity index (χ2n) is 16.4. The van der Waals surface area contributed by atoms with Crippen molar-refractivity contribution in [2.45, 2.75) is 107 Å². The van der Waals surface area contributed by atoms with Gasteiger partial charge in [0.2, 0.25) is 23.6 Å². The van der Waals surface area contributed by atoms with Gasteiger partial charge in [0.05, 0.1) is 18.7 Å². The Labute approximate surface area is 363 Å². The van der Waals surface area contributed by atoms with Crippen LogP contribution >= 0.6 is 0 Å². The number of rotatable bonds is 18. The second-order valence-corrected chi connectivity index (χ2v) is 16.4. The highest BCUT2D eigenvalue weighted by atomic mass is 16.5. The first kappa shape index (κ1) is 46.2. The number of aliphatic hydroxyl groups excluding tert-OH is 1. The number of fused-ring (bicyclic) bond motifs is 1. The SMILES string of the molecule is C[C@@H]([C@H](NC(=O)[C@H](CC1CCCCC1)NC(=O)N[C@@H](Cc1c[nH]c2ccccc12)C(=O)NCc1ccccc1)C(=O)NC[C@H]1C[C@@H](O)[C@H](n2ccc(=O)[nH]c2=O)O1)N(C)C(=O)CN. The van der Waals surface area contributed by atoms with Gasteiger partial charge in [0.25, 0.3) is 5.56 Å². The van der Waals surface area contributed by atoms with Gasteiger partial charge in [-0.1, -0.05) is 80.6 Å². The lowest BCUT2D eigenvalue weighted by molar-refractivity contribution is -0.136. The summed E-state index contributed by atoms with van der Waals surface area (Å²) in [5, 5.41) is 25.7. The van der Waals surface area contributed by atoms with E-state index in [1.807, 2.05) is 54.6 Å². The van der Waals surface area contributed by atoms with Crippen molar-refractivity contribution < 1.29 is 33.8 Å². The van der Waals surface area contributed by atoms with Crippen LogP contribution in [0.4, 0.5) is 4.79 Å². The molecule has 0 bridgehead atoms. The smallest absolute Gasteiger partial charge is 0.330 e. The Balaban J connectivity index is 1.18. The lowest BCUT2D eigenvalue weighted by Gasteiger charge is -2.33. The number of likely N-dealkylation sites (N-methyl/N-ethyl adjacent to an activating group) is 1. The van der Waals surface area contributed by atoms with Crippen molar-refractivity contribution in [1.29, 1.82) is 0 Å². The molecular formula is C44H58N10O9. The fourth-order valence-electron chi connectivity index (χ4n) is 8.30. The number of ether oxygens (including phenoxy) is 1. The van der Waals surface area contributed by atoms with Crippen molar-refractivity contribution in [3.8, 4) is 0 Å². The average molecular weight is 871 g/mol. The first-order valence-electron chi connectivity index (χ1n) is 21.4. The zero-order valence-corrected chi connectivity index (χ0v) is 35.5. The molecule has 2 aromatic carbocycles. The van der Waals surface area contributed by atoms with E-state index in [0.29, 0.717) is 0 Å². The van der Waals surface area contributed by atoms with Crippen LogP contribution in [0.15, 0.2) is 82.6 Å². The third-order valence-electron chi connectivity index (χ3n) is 12.0. The maximum absolute atomic E-state index is 14.4. The Morgan fingerprint density at radius 1 is 0.905 bits per heavy atom. The summed E-state index contributed by atoms with van der Waals surface area (Å²) in [5.74, 6) is -2.20. The van der Waals surface area contributed by atoms with Crippen LogP contribution in [0.25, 0.3) is 10.9 Å². The number of carbonyl (C=O) groups excluding carboxylic acids is 5. The number of aromatic nitrogens is 3. The fraction of sp³-hybridized carbons (Fsp3) is 0.477. The maximum atomic E-state index is 14.4. The molecule has 2 aliphatic rings. The number of H-pyrrole nitrogens is 2. The van der Waals surface area contributed by atoms with Crippen LogP contribution in [0, 0.1) is 5.92 Å². The van der Waals surface area contributed by atoms with E-state index in [4.69, 9.17) is 10.5 Å². The van der Waals surface area contributed by atoms with E-state index in [2.05, 4.69) is 36.6 Å². The molecule has 1 saturated heterocycles. The Morgan fingerprint density at radius 3 is 2.35 bits per heavy atom. The molecule has 6 rings (SSSR count). The number of hydrogen-bond acceptors (Lipinski definition) is 10. The highest BCUT2D eigenvalue weighted by Crippen LogP contribution is 2.29. The number of para-hydroxylation sites is 1. The van der Waals surface area contributed by atoms with Crippen molar-refractivity contribution in [3.05, 3.63) is 105 Å². The fourth-order valence-corrected chi connectivity index (χ4v) is 8.30. The zero-order valence-electron chi connectivity index (χ0n) is 35.5. The van der Waals surface area contributed by atoms with Crippen molar-refractivity contribution in [2.24, 2.45) is 11.7 Å². The van der Waals surface area contributed by atoms with Crippen LogP contribution in [-0.4, -0.2) is 111 Å². The summed E-state index contributed by atoms with van der Waals surface area (Å²) >= 11 is 0. The van der Waals surface area contributed by atoms with Crippen LogP contribution in [0.5, 0.6) is 0 Å². The number of nitrogens with one attached hydrogen (secondary N) is 7. The summed E-state index contributed by atoms with van der Waals surface area (Å²) in [4.78, 5) is 99.5. The highest BCUT2D eigenvalue weighted by Gasteiger charge is 2.38. The number of carbonyl (C=O) groups is 5. The average Bonchev–Trinajstić information content (AvgIpc) is 3.87. The summed E-state index contributed by atoms with van der Waals surface area (Å²) in [7, 11) is 1.46. The minimum Gasteiger partial charge on any atom is -0.388 e. The molecule has 0 radical (unpaired) electrons. The highest BCUT2D eigenvalue weighted by molar-refractivity contribution is 5.94. The molecule has 63 heavy (non-hydrogen) atoms. The Hall–Kier alpha value is -6.31. The van der Waals surface area contributed by atoms with Gasteiger partial charge < -0.3 is 52.0 Å². The van der Waals surface area contributed by atoms with Crippen molar-refractivity contribution in [3.63, 3.8) is 0 Å². The van der Waals surface area contributed by atoms with Gasteiger partial charge in [-0.2, -0.15) is 0 Å². The Morgan fingerprint density at radius 2 is 1.62 bits per heavy atom. The molecule has 1 aliphatic heterocycles. The Bertz CT molecular complexity index is 2330. The summed E-state index contributed by atoms with van der Waals surface area (Å²) in [6.07, 6.45) is 5.04. The van der Waals surface area contributed by atoms with E-state index in [-0.39, 0.29) is 44.8 Å². The number of aromatic amines is 2. The largest absolute Gasteiger partial charge is 0.388 e. The zero-order chi connectivity index (χ0) is 45.0. The first-order valence-corrected chi connectivity index (χ1v) is 21.4. The molecule has 2 aromatic heterocycles. The molecule has 1 saturated carbocycles. The van der Waals surface area contributed by atoms with Crippen LogP contribution in [0.1, 0.15) is 69.2 Å². The van der Waals surface area contributed by atoms with E-state index in [9.17, 15) is 38.7 Å². The molecule has 10 N–H and O–H groups in total. The third kappa shape index (κ3) is 12.2. The minimum absolute atomic E-state index is 0.0305. The van der Waals surface area contributed by atoms with E-state index in [1.54, 1.807) is 13.1 Å². The van der Waals surface area contributed by atoms with Gasteiger partial charge >= 0.3 is 11.7 Å². The predicted octanol–water partition coefficient (Wildman–Crippen LogP) is 0.639. The van der Waals surface area contributed by atoms with Crippen molar-refractivity contribution in [2.75, 3.05) is 20.1 Å². The topological polar surface area (TPSA) is 275 Å². The quantitative estimate of drug-likeness (QED) is 0.0673. The first-order chi connectivity index (χ1) is 30.3. The summed E-state index contributed by atoms with van der Waals surface area (Å²) in [6.45, 7) is 1.31. The normalized spacial score (nSPS) is 19.6. The number of hydrogen-bond donors (Lipinski definition) is 9. The number of nitrogens with two attached hydrogens (primary N) is 1. The van der Waals surface area contributed by atoms with E-state index in [1.165, 1.54) is 18.1 Å². The molecular weight excluding hydrogens is 813 g/mol. The van der Waals surface area contributed by atoms with Crippen LogP contribution < -0.4 is 43.6 Å². The maximum Gasteiger partial charge on any atom is 0.330 e. The molecule has 2 fully saturated rings. The minimum atomic E-state index is -1.35. The molecule has 6 amide bonds. The second kappa shape index (κ2) is 21.7. The van der Waals surface area contributed by atoms with Crippen molar-refractivity contribution in [1.82, 2.24) is 46.0 Å². The molecule has 3 heterocycles. The molecule has 4 aromatic rings. The van der Waals surface area contributed by atoms with Gasteiger partial charge in [0, 0.05) is 62.3 Å². The monoisotopic (exact) mass is 870 g/mol. The predicted molar refractivity (Wildman–Crippen MR) is 233 cm³/mol. The van der Waals surface area contributed by atoms with E-state index in [0.717, 1.165) is 64.8 Å².